The van der Waals surface area contributed by atoms with Crippen LogP contribution in [0.3, 0.4) is 0 Å². The van der Waals surface area contributed by atoms with Crippen LogP contribution in [0.4, 0.5) is 0 Å². The Morgan fingerprint density at radius 2 is 1.60 bits per heavy atom. The minimum Gasteiger partial charge on any atom is -0.390 e. The first-order valence-electron chi connectivity index (χ1n) is 9.35. The van der Waals surface area contributed by atoms with E-state index in [1.165, 1.54) is 17.2 Å². The van der Waals surface area contributed by atoms with Crippen LogP contribution in [0.15, 0.2) is 53.5 Å². The summed E-state index contributed by atoms with van der Waals surface area (Å²) < 4.78 is 1.56. The lowest BCUT2D eigenvalue weighted by Gasteiger charge is -2.30. The summed E-state index contributed by atoms with van der Waals surface area (Å²) in [7, 11) is 0. The van der Waals surface area contributed by atoms with Gasteiger partial charge in [-0.05, 0) is 23.6 Å². The third-order valence-electron chi connectivity index (χ3n) is 3.99. The van der Waals surface area contributed by atoms with Crippen molar-refractivity contribution in [1.29, 1.82) is 0 Å². The summed E-state index contributed by atoms with van der Waals surface area (Å²) >= 11 is 0. The minimum atomic E-state index is -0.532. The molecule has 1 N–H and O–H groups in total. The highest BCUT2D eigenvalue weighted by Crippen LogP contribution is 2.18. The molecule has 0 aliphatic carbocycles. The molecule has 25 heavy (non-hydrogen) atoms. The van der Waals surface area contributed by atoms with Gasteiger partial charge in [0.2, 0.25) is 0 Å². The largest absolute Gasteiger partial charge is 0.390 e. The number of rotatable bonds is 4. The van der Waals surface area contributed by atoms with Crippen LogP contribution in [0.2, 0.25) is 0 Å². The first kappa shape index (κ1) is 21.1. The molecule has 1 atom stereocenters. The second-order valence-corrected chi connectivity index (χ2v) is 5.60. The molecule has 4 heteroatoms. The van der Waals surface area contributed by atoms with E-state index >= 15 is 0 Å². The fraction of sp³-hybridized carbons (Fsp3) is 0.476. The Hall–Kier alpha value is -1.91. The zero-order valence-electron chi connectivity index (χ0n) is 16.0. The van der Waals surface area contributed by atoms with Gasteiger partial charge in [-0.15, -0.1) is 0 Å². The number of β-amino-alcohol motifs (C(OH)–C–C–N with tert-alkyl or cyclic N) is 1. The number of aliphatic hydroxyl groups excluding tert-OH is 1. The lowest BCUT2D eigenvalue weighted by atomic mass is 10.00. The Kier molecular flexibility index (Phi) is 9.81. The first-order valence-corrected chi connectivity index (χ1v) is 9.35. The van der Waals surface area contributed by atoms with E-state index in [0.29, 0.717) is 13.1 Å². The van der Waals surface area contributed by atoms with E-state index in [0.717, 1.165) is 19.5 Å². The molecule has 2 heterocycles. The maximum absolute atomic E-state index is 11.6. The van der Waals surface area contributed by atoms with E-state index in [9.17, 15) is 9.90 Å². The molecule has 1 aliphatic heterocycles. The summed E-state index contributed by atoms with van der Waals surface area (Å²) in [5.74, 6) is 0. The number of aliphatic hydroxyl groups is 1. The van der Waals surface area contributed by atoms with Gasteiger partial charge in [0.05, 0.1) is 12.6 Å². The van der Waals surface area contributed by atoms with Crippen molar-refractivity contribution in [1.82, 2.24) is 9.47 Å². The number of pyridine rings is 1. The number of hydrogen-bond acceptors (Lipinski definition) is 3. The third kappa shape index (κ3) is 6.48. The van der Waals surface area contributed by atoms with Gasteiger partial charge in [-0.3, -0.25) is 9.69 Å². The van der Waals surface area contributed by atoms with Crippen molar-refractivity contribution in [3.63, 3.8) is 0 Å². The van der Waals surface area contributed by atoms with E-state index in [-0.39, 0.29) is 5.56 Å². The maximum Gasteiger partial charge on any atom is 0.250 e. The van der Waals surface area contributed by atoms with Gasteiger partial charge in [-0.25, -0.2) is 0 Å². The Labute approximate surface area is 151 Å². The summed E-state index contributed by atoms with van der Waals surface area (Å²) in [4.78, 5) is 13.9. The maximum atomic E-state index is 11.6. The Balaban J connectivity index is 0.000000730. The fourth-order valence-corrected chi connectivity index (χ4v) is 2.90. The predicted octanol–water partition coefficient (Wildman–Crippen LogP) is 3.32. The van der Waals surface area contributed by atoms with Crippen molar-refractivity contribution in [3.8, 4) is 0 Å². The van der Waals surface area contributed by atoms with Crippen molar-refractivity contribution >= 4 is 0 Å². The van der Waals surface area contributed by atoms with E-state index < -0.39 is 6.10 Å². The molecule has 2 aromatic rings. The monoisotopic (exact) mass is 344 g/mol. The van der Waals surface area contributed by atoms with Crippen LogP contribution in [-0.2, 0) is 19.5 Å². The molecule has 3 rings (SSSR count). The van der Waals surface area contributed by atoms with Gasteiger partial charge in [0.1, 0.15) is 0 Å². The zero-order chi connectivity index (χ0) is 18.7. The summed E-state index contributed by atoms with van der Waals surface area (Å²) in [6, 6.07) is 13.5. The molecule has 0 saturated heterocycles. The number of benzene rings is 1. The predicted molar refractivity (Wildman–Crippen MR) is 105 cm³/mol. The van der Waals surface area contributed by atoms with Crippen molar-refractivity contribution in [2.75, 3.05) is 13.1 Å². The highest BCUT2D eigenvalue weighted by atomic mass is 16.3. The minimum absolute atomic E-state index is 0.0689. The van der Waals surface area contributed by atoms with E-state index in [1.54, 1.807) is 16.8 Å². The SMILES string of the molecule is CC.CC.O=c1ccccn1CC(O)CN1CCc2ccccc2C1. The quantitative estimate of drug-likeness (QED) is 0.925. The molecule has 0 amide bonds. The summed E-state index contributed by atoms with van der Waals surface area (Å²) in [5.41, 5.74) is 2.68. The lowest BCUT2D eigenvalue weighted by molar-refractivity contribution is 0.0910. The van der Waals surface area contributed by atoms with Crippen molar-refractivity contribution < 1.29 is 5.11 Å². The smallest absolute Gasteiger partial charge is 0.250 e. The normalized spacial score (nSPS) is 14.3. The molecule has 0 spiro atoms. The number of aromatic nitrogens is 1. The lowest BCUT2D eigenvalue weighted by Crippen LogP contribution is -2.39. The Bertz CT molecular complexity index is 667. The second-order valence-electron chi connectivity index (χ2n) is 5.60. The molecule has 0 bridgehead atoms. The van der Waals surface area contributed by atoms with Crippen LogP contribution in [0.5, 0.6) is 0 Å². The average Bonchev–Trinajstić information content (AvgIpc) is 2.67. The standard InChI is InChI=1S/C17H20N2O2.2C2H6/c20-16(13-19-9-4-3-7-17(19)21)12-18-10-8-14-5-1-2-6-15(14)11-18;2*1-2/h1-7,9,16,20H,8,10-13H2;2*1-2H3. The zero-order valence-corrected chi connectivity index (χ0v) is 16.0. The van der Waals surface area contributed by atoms with Gasteiger partial charge < -0.3 is 9.67 Å². The molecule has 1 aromatic carbocycles. The van der Waals surface area contributed by atoms with Gasteiger partial charge >= 0.3 is 0 Å². The molecular formula is C21H32N2O2. The molecule has 1 aromatic heterocycles. The van der Waals surface area contributed by atoms with Gasteiger partial charge in [0.25, 0.3) is 5.56 Å². The van der Waals surface area contributed by atoms with Crippen molar-refractivity contribution in [2.45, 2.75) is 53.3 Å². The first-order chi connectivity index (χ1) is 12.2. The number of nitrogens with zero attached hydrogens (tertiary/aromatic N) is 2. The summed E-state index contributed by atoms with van der Waals surface area (Å²) in [6.45, 7) is 10.8. The van der Waals surface area contributed by atoms with Crippen LogP contribution < -0.4 is 5.56 Å². The third-order valence-corrected chi connectivity index (χ3v) is 3.99. The van der Waals surface area contributed by atoms with Crippen LogP contribution in [0, 0.1) is 0 Å². The van der Waals surface area contributed by atoms with Crippen molar-refractivity contribution in [3.05, 3.63) is 70.1 Å². The highest BCUT2D eigenvalue weighted by molar-refractivity contribution is 5.29. The topological polar surface area (TPSA) is 45.5 Å². The van der Waals surface area contributed by atoms with Gasteiger partial charge in [-0.1, -0.05) is 58.0 Å². The van der Waals surface area contributed by atoms with E-state index in [4.69, 9.17) is 0 Å². The van der Waals surface area contributed by atoms with Gasteiger partial charge in [-0.2, -0.15) is 0 Å². The average molecular weight is 344 g/mol. The molecule has 1 unspecified atom stereocenters. The van der Waals surface area contributed by atoms with Crippen LogP contribution in [0.1, 0.15) is 38.8 Å². The van der Waals surface area contributed by atoms with Crippen LogP contribution >= 0.6 is 0 Å². The van der Waals surface area contributed by atoms with Crippen molar-refractivity contribution in [2.24, 2.45) is 0 Å². The van der Waals surface area contributed by atoms with Gasteiger partial charge in [0.15, 0.2) is 0 Å². The molecule has 138 valence electrons. The molecule has 1 aliphatic rings. The summed E-state index contributed by atoms with van der Waals surface area (Å²) in [6.07, 6.45) is 2.21. The van der Waals surface area contributed by atoms with Crippen LogP contribution in [0.25, 0.3) is 0 Å². The van der Waals surface area contributed by atoms with E-state index in [2.05, 4.69) is 29.2 Å². The number of fused-ring (bicyclic) bond motifs is 1. The number of hydrogen-bond donors (Lipinski definition) is 1. The molecule has 4 nitrogen and oxygen atoms in total. The highest BCUT2D eigenvalue weighted by Gasteiger charge is 2.18. The Morgan fingerprint density at radius 1 is 0.960 bits per heavy atom. The fourth-order valence-electron chi connectivity index (χ4n) is 2.90. The second kappa shape index (κ2) is 11.6. The van der Waals surface area contributed by atoms with Gasteiger partial charge in [0, 0.05) is 31.9 Å². The molecule has 0 fully saturated rings. The molecular weight excluding hydrogens is 312 g/mol. The molecule has 0 saturated carbocycles. The van der Waals surface area contributed by atoms with E-state index in [1.807, 2.05) is 33.8 Å². The summed E-state index contributed by atoms with van der Waals surface area (Å²) in [5, 5.41) is 10.2. The molecule has 0 radical (unpaired) electrons. The van der Waals surface area contributed by atoms with Crippen LogP contribution in [-0.4, -0.2) is 33.8 Å². The Morgan fingerprint density at radius 3 is 2.28 bits per heavy atom.